The Morgan fingerprint density at radius 2 is 1.93 bits per heavy atom. The molecule has 2 aromatic carbocycles. The molecule has 0 saturated heterocycles. The Morgan fingerprint density at radius 3 is 2.61 bits per heavy atom. The maximum atomic E-state index is 12.9. The predicted molar refractivity (Wildman–Crippen MR) is 160 cm³/mol. The Labute approximate surface area is 239 Å². The number of rotatable bonds is 12. The van der Waals surface area contributed by atoms with Crippen LogP contribution >= 0.6 is 0 Å². The number of hydrogen-bond acceptors (Lipinski definition) is 7. The maximum absolute atomic E-state index is 12.9. The summed E-state index contributed by atoms with van der Waals surface area (Å²) in [7, 11) is 0. The summed E-state index contributed by atoms with van der Waals surface area (Å²) in [6, 6.07) is 16.5. The monoisotopic (exact) mass is 556 g/mol. The number of anilines is 1. The van der Waals surface area contributed by atoms with E-state index in [-0.39, 0.29) is 24.7 Å². The van der Waals surface area contributed by atoms with Gasteiger partial charge in [0.05, 0.1) is 24.1 Å². The van der Waals surface area contributed by atoms with E-state index in [9.17, 15) is 14.7 Å². The average molecular weight is 557 g/mol. The minimum Gasteiger partial charge on any atom is -0.489 e. The molecule has 41 heavy (non-hydrogen) atoms. The van der Waals surface area contributed by atoms with Crippen molar-refractivity contribution in [2.75, 3.05) is 18.9 Å². The third-order valence-corrected chi connectivity index (χ3v) is 6.38. The normalized spacial score (nSPS) is 12.1. The molecule has 0 bridgehead atoms. The first-order valence-corrected chi connectivity index (χ1v) is 13.7. The fourth-order valence-corrected chi connectivity index (χ4v) is 4.45. The summed E-state index contributed by atoms with van der Waals surface area (Å²) < 4.78 is 12.5. The van der Waals surface area contributed by atoms with E-state index in [0.29, 0.717) is 36.4 Å². The van der Waals surface area contributed by atoms with Crippen LogP contribution in [0.25, 0.3) is 23.0 Å². The van der Waals surface area contributed by atoms with Gasteiger partial charge in [0, 0.05) is 47.8 Å². The lowest BCUT2D eigenvalue weighted by Crippen LogP contribution is -2.37. The number of nitrogens with one attached hydrogen (secondary N) is 1. The zero-order valence-electron chi connectivity index (χ0n) is 23.5. The topological polar surface area (TPSA) is 128 Å². The summed E-state index contributed by atoms with van der Waals surface area (Å²) in [5, 5.41) is 12.6. The van der Waals surface area contributed by atoms with E-state index in [0.717, 1.165) is 28.0 Å². The Morgan fingerprint density at radius 1 is 1.15 bits per heavy atom. The van der Waals surface area contributed by atoms with E-state index >= 15 is 0 Å². The molecule has 0 radical (unpaired) electrons. The van der Waals surface area contributed by atoms with Crippen LogP contribution in [0.1, 0.15) is 48.7 Å². The number of fused-ring (bicyclic) bond motifs is 1. The summed E-state index contributed by atoms with van der Waals surface area (Å²) in [5.74, 6) is -0.121. The molecule has 2 heterocycles. The largest absolute Gasteiger partial charge is 0.489 e. The highest BCUT2D eigenvalue weighted by molar-refractivity contribution is 5.95. The molecule has 1 amide bonds. The summed E-state index contributed by atoms with van der Waals surface area (Å²) in [6.07, 6.45) is 7.87. The molecular formula is C32H36N4O5. The first-order valence-electron chi connectivity index (χ1n) is 13.7. The number of aromatic nitrogens is 2. The van der Waals surface area contributed by atoms with Crippen LogP contribution in [0.4, 0.5) is 5.69 Å². The molecule has 0 aliphatic heterocycles. The fourth-order valence-electron chi connectivity index (χ4n) is 4.45. The van der Waals surface area contributed by atoms with Gasteiger partial charge in [0.25, 0.3) is 5.91 Å². The standard InChI is InChI=1S/C32H36N4O5/c1-4-40-30(38)14-12-24-6-5-16-36-20-28(35-31(24)36)23-9-7-22(8-10-23)18-26(15-17-37)34-32(39)25-11-13-29(27(33)19-25)41-21(2)3/h5-14,16,19-21,26,37H,4,15,17-18,33H2,1-3H3,(H,34,39)/b14-12+/t26-/m1/s1. The van der Waals surface area contributed by atoms with Crippen molar-refractivity contribution >= 4 is 29.3 Å². The van der Waals surface area contributed by atoms with E-state index in [4.69, 9.17) is 20.2 Å². The molecule has 4 rings (SSSR count). The number of amides is 1. The molecule has 0 fully saturated rings. The van der Waals surface area contributed by atoms with Crippen LogP contribution in [0.2, 0.25) is 0 Å². The molecule has 214 valence electrons. The molecule has 9 nitrogen and oxygen atoms in total. The number of nitrogen functional groups attached to an aromatic ring is 1. The van der Waals surface area contributed by atoms with Crippen molar-refractivity contribution in [2.45, 2.75) is 45.8 Å². The van der Waals surface area contributed by atoms with Crippen molar-refractivity contribution in [3.63, 3.8) is 0 Å². The molecule has 0 spiro atoms. The third-order valence-electron chi connectivity index (χ3n) is 6.38. The number of imidazole rings is 1. The van der Waals surface area contributed by atoms with Crippen LogP contribution in [-0.2, 0) is 16.0 Å². The van der Waals surface area contributed by atoms with Gasteiger partial charge < -0.3 is 30.0 Å². The van der Waals surface area contributed by atoms with Gasteiger partial charge in [0.1, 0.15) is 11.4 Å². The van der Waals surface area contributed by atoms with Crippen LogP contribution in [-0.4, -0.2) is 51.7 Å². The zero-order chi connectivity index (χ0) is 29.4. The van der Waals surface area contributed by atoms with E-state index in [1.807, 2.05) is 67.0 Å². The van der Waals surface area contributed by atoms with Gasteiger partial charge in [-0.2, -0.15) is 0 Å². The number of pyridine rings is 1. The first-order chi connectivity index (χ1) is 19.8. The molecular weight excluding hydrogens is 520 g/mol. The highest BCUT2D eigenvalue weighted by Gasteiger charge is 2.16. The lowest BCUT2D eigenvalue weighted by molar-refractivity contribution is -0.137. The van der Waals surface area contributed by atoms with Gasteiger partial charge in [-0.15, -0.1) is 0 Å². The van der Waals surface area contributed by atoms with Gasteiger partial charge in [-0.05, 0) is 75.6 Å². The van der Waals surface area contributed by atoms with E-state index in [1.54, 1.807) is 31.2 Å². The number of nitrogens with two attached hydrogens (primary N) is 1. The quantitative estimate of drug-likeness (QED) is 0.131. The number of carbonyl (C=O) groups excluding carboxylic acids is 2. The number of nitrogens with zero attached hydrogens (tertiary/aromatic N) is 2. The van der Waals surface area contributed by atoms with Crippen molar-refractivity contribution in [1.82, 2.24) is 14.7 Å². The first kappa shape index (κ1) is 29.4. The number of hydrogen-bond donors (Lipinski definition) is 3. The molecule has 0 unspecified atom stereocenters. The second kappa shape index (κ2) is 13.6. The Balaban J connectivity index is 1.45. The lowest BCUT2D eigenvalue weighted by atomic mass is 10.0. The summed E-state index contributed by atoms with van der Waals surface area (Å²) >= 11 is 0. The average Bonchev–Trinajstić information content (AvgIpc) is 3.38. The summed E-state index contributed by atoms with van der Waals surface area (Å²) in [4.78, 5) is 29.5. The van der Waals surface area contributed by atoms with Crippen molar-refractivity contribution in [1.29, 1.82) is 0 Å². The molecule has 0 aliphatic carbocycles. The zero-order valence-corrected chi connectivity index (χ0v) is 23.5. The van der Waals surface area contributed by atoms with Crippen LogP contribution < -0.4 is 15.8 Å². The highest BCUT2D eigenvalue weighted by Crippen LogP contribution is 2.25. The van der Waals surface area contributed by atoms with Crippen LogP contribution in [0, 0.1) is 0 Å². The molecule has 1 atom stereocenters. The van der Waals surface area contributed by atoms with Gasteiger partial charge in [0.15, 0.2) is 0 Å². The number of benzene rings is 2. The number of esters is 1. The van der Waals surface area contributed by atoms with Gasteiger partial charge in [0.2, 0.25) is 0 Å². The van der Waals surface area contributed by atoms with Gasteiger partial charge in [-0.1, -0.05) is 24.3 Å². The van der Waals surface area contributed by atoms with E-state index < -0.39 is 5.97 Å². The minimum atomic E-state index is -0.397. The second-order valence-corrected chi connectivity index (χ2v) is 9.91. The number of carbonyl (C=O) groups is 2. The number of aliphatic hydroxyl groups excluding tert-OH is 1. The third kappa shape index (κ3) is 7.73. The maximum Gasteiger partial charge on any atom is 0.330 e. The molecule has 4 N–H and O–H groups in total. The second-order valence-electron chi connectivity index (χ2n) is 9.91. The Bertz CT molecular complexity index is 1530. The van der Waals surface area contributed by atoms with Gasteiger partial charge in [-0.3, -0.25) is 4.79 Å². The van der Waals surface area contributed by atoms with Crippen LogP contribution in [0.5, 0.6) is 5.75 Å². The molecule has 4 aromatic rings. The molecule has 0 aliphatic rings. The van der Waals surface area contributed by atoms with Crippen molar-refractivity contribution in [3.05, 3.63) is 89.8 Å². The summed E-state index contributed by atoms with van der Waals surface area (Å²) in [6.45, 7) is 5.85. The minimum absolute atomic E-state index is 0.0255. The molecule has 0 saturated carbocycles. The Kier molecular flexibility index (Phi) is 9.76. The van der Waals surface area contributed by atoms with E-state index in [1.165, 1.54) is 6.08 Å². The Hall–Kier alpha value is -4.63. The fraction of sp³-hybridized carbons (Fsp3) is 0.281. The van der Waals surface area contributed by atoms with Gasteiger partial charge in [-0.25, -0.2) is 9.78 Å². The SMILES string of the molecule is CCOC(=O)/C=C/c1cccn2cc(-c3ccc(C[C@@H](CCO)NC(=O)c4ccc(OC(C)C)c(N)c4)cc3)nc12. The number of aliphatic hydroxyl groups is 1. The van der Waals surface area contributed by atoms with Crippen LogP contribution in [0.3, 0.4) is 0 Å². The highest BCUT2D eigenvalue weighted by atomic mass is 16.5. The molecule has 2 aromatic heterocycles. The van der Waals surface area contributed by atoms with Crippen molar-refractivity contribution < 1.29 is 24.2 Å². The molecule has 9 heteroatoms. The van der Waals surface area contributed by atoms with Gasteiger partial charge >= 0.3 is 5.97 Å². The lowest BCUT2D eigenvalue weighted by Gasteiger charge is -2.19. The van der Waals surface area contributed by atoms with Crippen LogP contribution in [0.15, 0.2) is 73.1 Å². The van der Waals surface area contributed by atoms with Crippen molar-refractivity contribution in [3.8, 4) is 17.0 Å². The van der Waals surface area contributed by atoms with E-state index in [2.05, 4.69) is 5.32 Å². The smallest absolute Gasteiger partial charge is 0.330 e. The summed E-state index contributed by atoms with van der Waals surface area (Å²) in [5.41, 5.74) is 11.2. The number of ether oxygens (including phenoxy) is 2. The van der Waals surface area contributed by atoms with Crippen molar-refractivity contribution in [2.24, 2.45) is 0 Å². The predicted octanol–water partition coefficient (Wildman–Crippen LogP) is 4.67.